The molecule has 0 spiro atoms. The topological polar surface area (TPSA) is 55.8 Å². The molecule has 0 unspecified atom stereocenters. The first-order valence-electron chi connectivity index (χ1n) is 7.86. The highest BCUT2D eigenvalue weighted by Crippen LogP contribution is 2.25. The number of hydrogen-bond acceptors (Lipinski definition) is 4. The van der Waals surface area contributed by atoms with Gasteiger partial charge in [-0.1, -0.05) is 48.5 Å². The van der Waals surface area contributed by atoms with Crippen molar-refractivity contribution in [2.45, 2.75) is 6.61 Å². The van der Waals surface area contributed by atoms with Crippen molar-refractivity contribution >= 4 is 5.97 Å². The van der Waals surface area contributed by atoms with E-state index in [0.717, 1.165) is 16.7 Å². The van der Waals surface area contributed by atoms with Crippen LogP contribution in [0.2, 0.25) is 0 Å². The van der Waals surface area contributed by atoms with Crippen molar-refractivity contribution in [1.82, 2.24) is 0 Å². The molecule has 3 aromatic rings. The summed E-state index contributed by atoms with van der Waals surface area (Å²) in [6.45, 7) is 0.353. The maximum absolute atomic E-state index is 11.6. The van der Waals surface area contributed by atoms with Crippen molar-refractivity contribution in [1.29, 1.82) is 0 Å². The van der Waals surface area contributed by atoms with Crippen molar-refractivity contribution in [3.8, 4) is 22.6 Å². The van der Waals surface area contributed by atoms with E-state index in [9.17, 15) is 9.90 Å². The minimum absolute atomic E-state index is 0.0815. The van der Waals surface area contributed by atoms with E-state index in [1.165, 1.54) is 19.2 Å². The van der Waals surface area contributed by atoms with Gasteiger partial charge < -0.3 is 14.6 Å². The summed E-state index contributed by atoms with van der Waals surface area (Å²) >= 11 is 0. The molecule has 4 nitrogen and oxygen atoms in total. The molecule has 0 saturated carbocycles. The van der Waals surface area contributed by atoms with Gasteiger partial charge in [0.1, 0.15) is 23.7 Å². The van der Waals surface area contributed by atoms with E-state index >= 15 is 0 Å². The predicted octanol–water partition coefficient (Wildman–Crippen LogP) is 4.42. The molecule has 0 aliphatic rings. The molecule has 4 heteroatoms. The van der Waals surface area contributed by atoms with Crippen LogP contribution >= 0.6 is 0 Å². The predicted molar refractivity (Wildman–Crippen MR) is 95.7 cm³/mol. The second-order valence-electron chi connectivity index (χ2n) is 5.53. The fourth-order valence-corrected chi connectivity index (χ4v) is 2.52. The van der Waals surface area contributed by atoms with Crippen molar-refractivity contribution in [2.24, 2.45) is 0 Å². The molecule has 3 aromatic carbocycles. The van der Waals surface area contributed by atoms with Gasteiger partial charge in [-0.15, -0.1) is 0 Å². The van der Waals surface area contributed by atoms with Gasteiger partial charge in [-0.3, -0.25) is 0 Å². The van der Waals surface area contributed by atoms with Gasteiger partial charge in [0.15, 0.2) is 0 Å². The Labute approximate surface area is 146 Å². The quantitative estimate of drug-likeness (QED) is 0.702. The number of aromatic hydroxyl groups is 1. The van der Waals surface area contributed by atoms with Gasteiger partial charge in [0.2, 0.25) is 0 Å². The summed E-state index contributed by atoms with van der Waals surface area (Å²) in [5, 5.41) is 9.73. The number of rotatable bonds is 5. The maximum atomic E-state index is 11.6. The SMILES string of the molecule is COC(=O)c1cc(OCc2cccc(-c3ccccc3)c2)ccc1O. The molecular formula is C21H18O4. The number of hydrogen-bond donors (Lipinski definition) is 1. The highest BCUT2D eigenvalue weighted by Gasteiger charge is 2.12. The maximum Gasteiger partial charge on any atom is 0.341 e. The first kappa shape index (κ1) is 16.6. The van der Waals surface area contributed by atoms with Gasteiger partial charge in [-0.05, 0) is 41.0 Å². The largest absolute Gasteiger partial charge is 0.507 e. The molecule has 0 fully saturated rings. The van der Waals surface area contributed by atoms with E-state index < -0.39 is 5.97 Å². The summed E-state index contributed by atoms with van der Waals surface area (Å²) in [6.07, 6.45) is 0. The highest BCUT2D eigenvalue weighted by molar-refractivity contribution is 5.92. The van der Waals surface area contributed by atoms with Crippen LogP contribution in [0.4, 0.5) is 0 Å². The van der Waals surface area contributed by atoms with Gasteiger partial charge >= 0.3 is 5.97 Å². The zero-order chi connectivity index (χ0) is 17.6. The second kappa shape index (κ2) is 7.53. The van der Waals surface area contributed by atoms with Crippen LogP contribution in [0.3, 0.4) is 0 Å². The molecule has 126 valence electrons. The van der Waals surface area contributed by atoms with Crippen molar-refractivity contribution in [2.75, 3.05) is 7.11 Å². The Balaban J connectivity index is 1.75. The van der Waals surface area contributed by atoms with Gasteiger partial charge in [0.25, 0.3) is 0 Å². The van der Waals surface area contributed by atoms with Crippen LogP contribution in [0.15, 0.2) is 72.8 Å². The minimum Gasteiger partial charge on any atom is -0.507 e. The minimum atomic E-state index is -0.603. The highest BCUT2D eigenvalue weighted by atomic mass is 16.5. The van der Waals surface area contributed by atoms with Gasteiger partial charge in [-0.2, -0.15) is 0 Å². The Hall–Kier alpha value is -3.27. The number of methoxy groups -OCH3 is 1. The van der Waals surface area contributed by atoms with Crippen LogP contribution in [0, 0.1) is 0 Å². The van der Waals surface area contributed by atoms with Crippen molar-refractivity contribution < 1.29 is 19.4 Å². The number of ether oxygens (including phenoxy) is 2. The second-order valence-corrected chi connectivity index (χ2v) is 5.53. The molecule has 0 heterocycles. The molecule has 0 aromatic heterocycles. The molecule has 3 rings (SSSR count). The lowest BCUT2D eigenvalue weighted by Gasteiger charge is -2.10. The van der Waals surface area contributed by atoms with Crippen LogP contribution in [0.1, 0.15) is 15.9 Å². The molecular weight excluding hydrogens is 316 g/mol. The van der Waals surface area contributed by atoms with E-state index in [4.69, 9.17) is 4.74 Å². The third-order valence-electron chi connectivity index (χ3n) is 3.81. The summed E-state index contributed by atoms with van der Waals surface area (Å²) in [5.74, 6) is -0.248. The number of esters is 1. The number of phenols is 1. The zero-order valence-corrected chi connectivity index (χ0v) is 13.8. The zero-order valence-electron chi connectivity index (χ0n) is 13.8. The lowest BCUT2D eigenvalue weighted by atomic mass is 10.0. The monoisotopic (exact) mass is 334 g/mol. The van der Waals surface area contributed by atoms with E-state index in [2.05, 4.69) is 29.0 Å². The Bertz CT molecular complexity index is 872. The third kappa shape index (κ3) is 3.98. The Kier molecular flexibility index (Phi) is 5.00. The lowest BCUT2D eigenvalue weighted by molar-refractivity contribution is 0.0597. The van der Waals surface area contributed by atoms with Crippen LogP contribution in [-0.2, 0) is 11.3 Å². The van der Waals surface area contributed by atoms with Gasteiger partial charge in [-0.25, -0.2) is 4.79 Å². The number of carbonyl (C=O) groups excluding carboxylic acids is 1. The molecule has 0 amide bonds. The summed E-state index contributed by atoms with van der Waals surface area (Å²) in [7, 11) is 1.27. The molecule has 0 radical (unpaired) electrons. The molecule has 0 saturated heterocycles. The van der Waals surface area contributed by atoms with Crippen LogP contribution in [0.5, 0.6) is 11.5 Å². The standard InChI is InChI=1S/C21H18O4/c1-24-21(23)19-13-18(10-11-20(19)22)25-14-15-6-5-9-17(12-15)16-7-3-2-4-8-16/h2-13,22H,14H2,1H3. The lowest BCUT2D eigenvalue weighted by Crippen LogP contribution is -2.03. The molecule has 1 N–H and O–H groups in total. The summed E-state index contributed by atoms with van der Waals surface area (Å²) in [5.41, 5.74) is 3.34. The molecule has 0 aliphatic carbocycles. The van der Waals surface area contributed by atoms with Gasteiger partial charge in [0, 0.05) is 0 Å². The average molecular weight is 334 g/mol. The summed E-state index contributed by atoms with van der Waals surface area (Å²) < 4.78 is 10.4. The number of benzene rings is 3. The molecule has 25 heavy (non-hydrogen) atoms. The molecule has 0 bridgehead atoms. The van der Waals surface area contributed by atoms with Crippen LogP contribution < -0.4 is 4.74 Å². The fourth-order valence-electron chi connectivity index (χ4n) is 2.52. The summed E-state index contributed by atoms with van der Waals surface area (Å²) in [4.78, 5) is 11.6. The first-order valence-corrected chi connectivity index (χ1v) is 7.86. The van der Waals surface area contributed by atoms with E-state index in [0.29, 0.717) is 12.4 Å². The first-order chi connectivity index (χ1) is 12.2. The normalized spacial score (nSPS) is 10.3. The Morgan fingerprint density at radius 2 is 1.68 bits per heavy atom. The Morgan fingerprint density at radius 1 is 0.920 bits per heavy atom. The third-order valence-corrected chi connectivity index (χ3v) is 3.81. The molecule has 0 aliphatic heterocycles. The number of carbonyl (C=O) groups is 1. The van der Waals surface area contributed by atoms with E-state index in [-0.39, 0.29) is 11.3 Å². The van der Waals surface area contributed by atoms with Gasteiger partial charge in [0.05, 0.1) is 7.11 Å². The molecule has 0 atom stereocenters. The number of phenolic OH excluding ortho intramolecular Hbond substituents is 1. The fraction of sp³-hybridized carbons (Fsp3) is 0.0952. The van der Waals surface area contributed by atoms with Crippen molar-refractivity contribution in [3.05, 3.63) is 83.9 Å². The van der Waals surface area contributed by atoms with Crippen molar-refractivity contribution in [3.63, 3.8) is 0 Å². The van der Waals surface area contributed by atoms with Crippen LogP contribution in [0.25, 0.3) is 11.1 Å². The average Bonchev–Trinajstić information content (AvgIpc) is 2.67. The Morgan fingerprint density at radius 3 is 2.44 bits per heavy atom. The van der Waals surface area contributed by atoms with E-state index in [1.807, 2.05) is 30.3 Å². The summed E-state index contributed by atoms with van der Waals surface area (Å²) in [6, 6.07) is 22.7. The van der Waals surface area contributed by atoms with E-state index in [1.54, 1.807) is 6.07 Å². The smallest absolute Gasteiger partial charge is 0.341 e. The van der Waals surface area contributed by atoms with Crippen LogP contribution in [-0.4, -0.2) is 18.2 Å².